The Bertz CT molecular complexity index is 928. The number of rotatable bonds is 8. The monoisotopic (exact) mass is 409 g/mol. The molecule has 7 heteroatoms. The summed E-state index contributed by atoms with van der Waals surface area (Å²) >= 11 is 0. The fourth-order valence-corrected chi connectivity index (χ4v) is 3.63. The van der Waals surface area contributed by atoms with Gasteiger partial charge in [0.05, 0.1) is 6.42 Å². The van der Waals surface area contributed by atoms with E-state index in [2.05, 4.69) is 16.3 Å². The van der Waals surface area contributed by atoms with Crippen LogP contribution in [0.1, 0.15) is 56.4 Å². The molecule has 2 aliphatic carbocycles. The largest absolute Gasteiger partial charge is 0.456 e. The molecule has 0 bridgehead atoms. The maximum atomic E-state index is 12.7. The zero-order valence-corrected chi connectivity index (χ0v) is 17.3. The van der Waals surface area contributed by atoms with E-state index in [9.17, 15) is 9.59 Å². The van der Waals surface area contributed by atoms with Crippen LogP contribution in [0, 0.1) is 6.92 Å². The molecule has 0 saturated heterocycles. The molecule has 158 valence electrons. The molecule has 30 heavy (non-hydrogen) atoms. The van der Waals surface area contributed by atoms with Crippen LogP contribution < -0.4 is 0 Å². The van der Waals surface area contributed by atoms with Crippen molar-refractivity contribution in [3.63, 3.8) is 0 Å². The summed E-state index contributed by atoms with van der Waals surface area (Å²) in [7, 11) is 0. The number of amides is 1. The Kier molecular flexibility index (Phi) is 6.26. The molecule has 0 unspecified atom stereocenters. The number of esters is 1. The smallest absolute Gasteiger partial charge is 0.306 e. The van der Waals surface area contributed by atoms with Gasteiger partial charge in [-0.15, -0.1) is 10.2 Å². The van der Waals surface area contributed by atoms with E-state index in [1.807, 2.05) is 36.1 Å². The van der Waals surface area contributed by atoms with Gasteiger partial charge in [0.15, 0.2) is 6.61 Å². The lowest BCUT2D eigenvalue weighted by Gasteiger charge is -2.27. The molecular weight excluding hydrogens is 382 g/mol. The van der Waals surface area contributed by atoms with Crippen molar-refractivity contribution in [2.24, 2.45) is 0 Å². The second-order valence-electron chi connectivity index (χ2n) is 7.96. The summed E-state index contributed by atoms with van der Waals surface area (Å²) in [4.78, 5) is 26.6. The molecule has 4 rings (SSSR count). The molecule has 0 radical (unpaired) electrons. The van der Waals surface area contributed by atoms with Gasteiger partial charge >= 0.3 is 5.97 Å². The van der Waals surface area contributed by atoms with E-state index in [0.717, 1.165) is 48.9 Å². The zero-order valence-electron chi connectivity index (χ0n) is 17.3. The fraction of sp³-hybridized carbons (Fsp3) is 0.478. The van der Waals surface area contributed by atoms with Crippen LogP contribution in [-0.4, -0.2) is 39.6 Å². The minimum atomic E-state index is -0.438. The number of carbonyl (C=O) groups is 2. The van der Waals surface area contributed by atoms with Crippen LogP contribution in [0.2, 0.25) is 0 Å². The fourth-order valence-electron chi connectivity index (χ4n) is 3.63. The summed E-state index contributed by atoms with van der Waals surface area (Å²) in [5.41, 5.74) is 3.08. The predicted molar refractivity (Wildman–Crippen MR) is 110 cm³/mol. The van der Waals surface area contributed by atoms with E-state index in [1.54, 1.807) is 0 Å². The number of aromatic nitrogens is 2. The van der Waals surface area contributed by atoms with E-state index < -0.39 is 5.97 Å². The second kappa shape index (κ2) is 9.24. The van der Waals surface area contributed by atoms with Crippen LogP contribution in [-0.2, 0) is 20.7 Å². The van der Waals surface area contributed by atoms with Gasteiger partial charge in [0.2, 0.25) is 11.8 Å². The zero-order chi connectivity index (χ0) is 20.9. The molecule has 0 N–H and O–H groups in total. The van der Waals surface area contributed by atoms with Crippen molar-refractivity contribution in [1.82, 2.24) is 15.1 Å². The molecule has 1 fully saturated rings. The summed E-state index contributed by atoms with van der Waals surface area (Å²) < 4.78 is 10.9. The standard InChI is InChI=1S/C23H27N3O4/c1-16-7-9-17(10-8-16)23-25-24-20(30-23)13-14-22(28)29-15-21(27)26(19-11-12-19)18-5-3-2-4-6-18/h5,7-10,19H,2-4,6,11-15H2,1H3. The summed E-state index contributed by atoms with van der Waals surface area (Å²) in [5.74, 6) is 0.237. The summed E-state index contributed by atoms with van der Waals surface area (Å²) in [6, 6.07) is 8.06. The van der Waals surface area contributed by atoms with E-state index in [1.165, 1.54) is 6.42 Å². The normalized spacial score (nSPS) is 16.1. The van der Waals surface area contributed by atoms with Crippen molar-refractivity contribution < 1.29 is 18.7 Å². The Labute approximate surface area is 176 Å². The molecule has 7 nitrogen and oxygen atoms in total. The first-order chi connectivity index (χ1) is 14.6. The van der Waals surface area contributed by atoms with Gasteiger partial charge in [0, 0.05) is 23.7 Å². The van der Waals surface area contributed by atoms with Crippen LogP contribution in [0.3, 0.4) is 0 Å². The van der Waals surface area contributed by atoms with E-state index >= 15 is 0 Å². The molecule has 2 aliphatic rings. The van der Waals surface area contributed by atoms with Gasteiger partial charge in [0.1, 0.15) is 0 Å². The first-order valence-corrected chi connectivity index (χ1v) is 10.7. The van der Waals surface area contributed by atoms with E-state index in [-0.39, 0.29) is 31.4 Å². The van der Waals surface area contributed by atoms with Crippen molar-refractivity contribution in [2.45, 2.75) is 64.3 Å². The van der Waals surface area contributed by atoms with Crippen LogP contribution in [0.15, 0.2) is 40.5 Å². The molecule has 0 aliphatic heterocycles. The third kappa shape index (κ3) is 5.14. The second-order valence-corrected chi connectivity index (χ2v) is 7.96. The molecule has 1 aromatic carbocycles. The van der Waals surface area contributed by atoms with E-state index in [0.29, 0.717) is 11.8 Å². The minimum absolute atomic E-state index is 0.0922. The lowest BCUT2D eigenvalue weighted by atomic mass is 10.0. The summed E-state index contributed by atoms with van der Waals surface area (Å²) in [5, 5.41) is 8.03. The number of hydrogen-bond acceptors (Lipinski definition) is 6. The average Bonchev–Trinajstić information content (AvgIpc) is 3.48. The van der Waals surface area contributed by atoms with Crippen LogP contribution in [0.5, 0.6) is 0 Å². The highest BCUT2D eigenvalue weighted by Crippen LogP contribution is 2.33. The predicted octanol–water partition coefficient (Wildman–Crippen LogP) is 3.97. The number of carbonyl (C=O) groups excluding carboxylic acids is 2. The number of aryl methyl sites for hydroxylation is 2. The number of ether oxygens (including phenoxy) is 1. The Morgan fingerprint density at radius 2 is 1.97 bits per heavy atom. The number of benzene rings is 1. The van der Waals surface area contributed by atoms with Crippen molar-refractivity contribution in [1.29, 1.82) is 0 Å². The van der Waals surface area contributed by atoms with Crippen LogP contribution in [0.25, 0.3) is 11.5 Å². The molecule has 1 saturated carbocycles. The first-order valence-electron chi connectivity index (χ1n) is 10.7. The molecule has 1 amide bonds. The lowest BCUT2D eigenvalue weighted by molar-refractivity contribution is -0.151. The molecule has 2 aromatic rings. The minimum Gasteiger partial charge on any atom is -0.456 e. The summed E-state index contributed by atoms with van der Waals surface area (Å²) in [6.07, 6.45) is 8.80. The lowest BCUT2D eigenvalue weighted by Crippen LogP contribution is -2.36. The Hall–Kier alpha value is -2.96. The maximum absolute atomic E-state index is 12.7. The van der Waals surface area contributed by atoms with Gasteiger partial charge in [-0.1, -0.05) is 23.8 Å². The van der Waals surface area contributed by atoms with Crippen molar-refractivity contribution in [3.05, 3.63) is 47.5 Å². The Balaban J connectivity index is 1.25. The SMILES string of the molecule is Cc1ccc(-c2nnc(CCC(=O)OCC(=O)N(C3=CCCCC3)C3CC3)o2)cc1. The highest BCUT2D eigenvalue weighted by atomic mass is 16.5. The van der Waals surface area contributed by atoms with Crippen molar-refractivity contribution >= 4 is 11.9 Å². The van der Waals surface area contributed by atoms with Gasteiger partial charge in [-0.05, 0) is 57.6 Å². The Morgan fingerprint density at radius 1 is 1.17 bits per heavy atom. The quantitative estimate of drug-likeness (QED) is 0.613. The topological polar surface area (TPSA) is 85.5 Å². The summed E-state index contributed by atoms with van der Waals surface area (Å²) in [6.45, 7) is 1.79. The van der Waals surface area contributed by atoms with Gasteiger partial charge in [-0.25, -0.2) is 0 Å². The number of allylic oxidation sites excluding steroid dienone is 2. The van der Waals surface area contributed by atoms with Crippen LogP contribution >= 0.6 is 0 Å². The number of nitrogens with zero attached hydrogens (tertiary/aromatic N) is 3. The van der Waals surface area contributed by atoms with Crippen molar-refractivity contribution in [2.75, 3.05) is 6.61 Å². The van der Waals surface area contributed by atoms with Gasteiger partial charge in [0.25, 0.3) is 5.91 Å². The highest BCUT2D eigenvalue weighted by Gasteiger charge is 2.35. The molecule has 1 heterocycles. The Morgan fingerprint density at radius 3 is 2.67 bits per heavy atom. The van der Waals surface area contributed by atoms with Crippen LogP contribution in [0.4, 0.5) is 0 Å². The third-order valence-electron chi connectivity index (χ3n) is 5.42. The molecule has 0 spiro atoms. The van der Waals surface area contributed by atoms with Gasteiger partial charge in [-0.3, -0.25) is 9.59 Å². The molecule has 1 aromatic heterocycles. The third-order valence-corrected chi connectivity index (χ3v) is 5.42. The molecule has 0 atom stereocenters. The van der Waals surface area contributed by atoms with Crippen molar-refractivity contribution in [3.8, 4) is 11.5 Å². The first kappa shape index (κ1) is 20.3. The average molecular weight is 409 g/mol. The number of hydrogen-bond donors (Lipinski definition) is 0. The van der Waals surface area contributed by atoms with Gasteiger partial charge in [-0.2, -0.15) is 0 Å². The molecular formula is C23H27N3O4. The highest BCUT2D eigenvalue weighted by molar-refractivity contribution is 5.82. The van der Waals surface area contributed by atoms with Gasteiger partial charge < -0.3 is 14.1 Å². The van der Waals surface area contributed by atoms with E-state index in [4.69, 9.17) is 9.15 Å². The maximum Gasteiger partial charge on any atom is 0.306 e.